The summed E-state index contributed by atoms with van der Waals surface area (Å²) in [7, 11) is 0. The van der Waals surface area contributed by atoms with E-state index < -0.39 is 12.0 Å². The van der Waals surface area contributed by atoms with Crippen molar-refractivity contribution < 1.29 is 13.9 Å². The molecule has 0 heterocycles. The molecule has 1 unspecified atom stereocenters. The summed E-state index contributed by atoms with van der Waals surface area (Å²) in [6, 6.07) is -1.22. The molecule has 0 radical (unpaired) electrons. The second kappa shape index (κ2) is 3.74. The van der Waals surface area contributed by atoms with E-state index in [2.05, 4.69) is 0 Å². The van der Waals surface area contributed by atoms with Gasteiger partial charge in [-0.05, 0) is 40.0 Å². The molecule has 1 aliphatic rings. The molecule has 1 fully saturated rings. The number of carbonyl (C=O) groups excluding carboxylic acids is 1. The van der Waals surface area contributed by atoms with Crippen molar-refractivity contribution in [2.45, 2.75) is 51.7 Å². The van der Waals surface area contributed by atoms with E-state index in [1.165, 1.54) is 0 Å². The molecule has 0 saturated heterocycles. The van der Waals surface area contributed by atoms with Crippen LogP contribution in [0.15, 0.2) is 0 Å². The lowest BCUT2D eigenvalue weighted by molar-refractivity contribution is -0.142. The van der Waals surface area contributed by atoms with E-state index in [1.807, 2.05) is 20.8 Å². The zero-order chi connectivity index (χ0) is 10.1. The maximum atomic E-state index is 12.5. The summed E-state index contributed by atoms with van der Waals surface area (Å²) in [5.41, 5.74) is -0.289. The van der Waals surface area contributed by atoms with Gasteiger partial charge in [-0.2, -0.15) is 4.39 Å². The van der Waals surface area contributed by atoms with Gasteiger partial charge in [0, 0.05) is 0 Å². The van der Waals surface area contributed by atoms with Gasteiger partial charge in [0.2, 0.25) is 0 Å². The summed E-state index contributed by atoms with van der Waals surface area (Å²) in [6.07, 6.45) is 2.12. The van der Waals surface area contributed by atoms with E-state index in [4.69, 9.17) is 4.74 Å². The van der Waals surface area contributed by atoms with Crippen LogP contribution in [0.5, 0.6) is 0 Å². The standard InChI is InChI=1S/C10H17FO2/c1-10(2,3)13-8-6-4-5-7(8)9(11)12/h7-8H,4-6H2,1-3H3/t7?,8-/m1/s1. The predicted molar refractivity (Wildman–Crippen MR) is 48.1 cm³/mol. The van der Waals surface area contributed by atoms with E-state index in [-0.39, 0.29) is 11.7 Å². The second-order valence-corrected chi connectivity index (χ2v) is 4.61. The number of rotatable bonds is 2. The first-order valence-corrected chi connectivity index (χ1v) is 4.77. The SMILES string of the molecule is CC(C)(C)O[C@@H]1CCCC1C(=O)F. The van der Waals surface area contributed by atoms with E-state index in [9.17, 15) is 9.18 Å². The first-order chi connectivity index (χ1) is 5.90. The predicted octanol–water partition coefficient (Wildman–Crippen LogP) is 2.47. The van der Waals surface area contributed by atoms with Crippen molar-refractivity contribution in [3.8, 4) is 0 Å². The van der Waals surface area contributed by atoms with Crippen LogP contribution in [0.3, 0.4) is 0 Å². The molecule has 0 spiro atoms. The van der Waals surface area contributed by atoms with Gasteiger partial charge in [-0.1, -0.05) is 0 Å². The maximum absolute atomic E-state index is 12.5. The summed E-state index contributed by atoms with van der Waals surface area (Å²) >= 11 is 0. The Bertz CT molecular complexity index is 196. The molecule has 2 nitrogen and oxygen atoms in total. The van der Waals surface area contributed by atoms with Crippen LogP contribution < -0.4 is 0 Å². The van der Waals surface area contributed by atoms with Gasteiger partial charge in [-0.3, -0.25) is 4.79 Å². The van der Waals surface area contributed by atoms with E-state index >= 15 is 0 Å². The first kappa shape index (κ1) is 10.6. The Balaban J connectivity index is 2.54. The lowest BCUT2D eigenvalue weighted by Crippen LogP contribution is -2.32. The average molecular weight is 188 g/mol. The van der Waals surface area contributed by atoms with Crippen molar-refractivity contribution in [2.24, 2.45) is 5.92 Å². The number of hydrogen-bond acceptors (Lipinski definition) is 2. The molecule has 0 aromatic heterocycles. The highest BCUT2D eigenvalue weighted by Crippen LogP contribution is 2.32. The third kappa shape index (κ3) is 3.07. The molecule has 1 saturated carbocycles. The third-order valence-corrected chi connectivity index (χ3v) is 2.25. The minimum absolute atomic E-state index is 0.211. The Morgan fingerprint density at radius 1 is 1.38 bits per heavy atom. The van der Waals surface area contributed by atoms with Gasteiger partial charge in [-0.15, -0.1) is 0 Å². The van der Waals surface area contributed by atoms with Gasteiger partial charge in [0.15, 0.2) is 0 Å². The summed E-state index contributed by atoms with van der Waals surface area (Å²) < 4.78 is 18.1. The molecule has 13 heavy (non-hydrogen) atoms. The van der Waals surface area contributed by atoms with Crippen LogP contribution in [-0.4, -0.2) is 17.7 Å². The van der Waals surface area contributed by atoms with Crippen molar-refractivity contribution in [1.82, 2.24) is 0 Å². The number of hydrogen-bond donors (Lipinski definition) is 0. The Labute approximate surface area is 78.5 Å². The fourth-order valence-corrected chi connectivity index (χ4v) is 1.78. The molecule has 0 amide bonds. The highest BCUT2D eigenvalue weighted by Gasteiger charge is 2.36. The van der Waals surface area contributed by atoms with Crippen LogP contribution >= 0.6 is 0 Å². The van der Waals surface area contributed by atoms with Crippen LogP contribution in [0.2, 0.25) is 0 Å². The molecular formula is C10H17FO2. The van der Waals surface area contributed by atoms with Crippen molar-refractivity contribution in [1.29, 1.82) is 0 Å². The lowest BCUT2D eigenvalue weighted by atomic mass is 10.1. The van der Waals surface area contributed by atoms with Crippen molar-refractivity contribution >= 4 is 6.04 Å². The minimum atomic E-state index is -1.22. The van der Waals surface area contributed by atoms with Crippen LogP contribution in [0, 0.1) is 5.92 Å². The molecule has 0 aromatic rings. The topological polar surface area (TPSA) is 26.3 Å². The molecule has 0 N–H and O–H groups in total. The van der Waals surface area contributed by atoms with Crippen molar-refractivity contribution in [2.75, 3.05) is 0 Å². The Morgan fingerprint density at radius 3 is 2.46 bits per heavy atom. The molecule has 0 aromatic carbocycles. The van der Waals surface area contributed by atoms with Gasteiger partial charge in [0.1, 0.15) is 0 Å². The monoisotopic (exact) mass is 188 g/mol. The van der Waals surface area contributed by atoms with Gasteiger partial charge in [0.25, 0.3) is 0 Å². The summed E-state index contributed by atoms with van der Waals surface area (Å²) in [4.78, 5) is 10.6. The quantitative estimate of drug-likeness (QED) is 0.622. The van der Waals surface area contributed by atoms with E-state index in [0.29, 0.717) is 6.42 Å². The summed E-state index contributed by atoms with van der Waals surface area (Å²) in [5, 5.41) is 0. The first-order valence-electron chi connectivity index (χ1n) is 4.77. The smallest absolute Gasteiger partial charge is 0.307 e. The second-order valence-electron chi connectivity index (χ2n) is 4.61. The molecule has 0 bridgehead atoms. The Hall–Kier alpha value is -0.440. The number of halogens is 1. The number of carbonyl (C=O) groups is 1. The van der Waals surface area contributed by atoms with Gasteiger partial charge in [-0.25, -0.2) is 0 Å². The Kier molecular flexibility index (Phi) is 3.06. The molecule has 2 atom stereocenters. The minimum Gasteiger partial charge on any atom is -0.372 e. The summed E-state index contributed by atoms with van der Waals surface area (Å²) in [5.74, 6) is -0.515. The zero-order valence-electron chi connectivity index (χ0n) is 8.47. The van der Waals surface area contributed by atoms with Crippen LogP contribution in [0.1, 0.15) is 40.0 Å². The third-order valence-electron chi connectivity index (χ3n) is 2.25. The van der Waals surface area contributed by atoms with Crippen molar-refractivity contribution in [3.63, 3.8) is 0 Å². The van der Waals surface area contributed by atoms with Gasteiger partial charge < -0.3 is 4.74 Å². The van der Waals surface area contributed by atoms with Crippen LogP contribution in [-0.2, 0) is 9.53 Å². The normalized spacial score (nSPS) is 29.2. The Morgan fingerprint density at radius 2 is 2.00 bits per heavy atom. The zero-order valence-corrected chi connectivity index (χ0v) is 8.47. The highest BCUT2D eigenvalue weighted by molar-refractivity contribution is 5.72. The van der Waals surface area contributed by atoms with Gasteiger partial charge >= 0.3 is 6.04 Å². The van der Waals surface area contributed by atoms with Crippen molar-refractivity contribution in [3.05, 3.63) is 0 Å². The van der Waals surface area contributed by atoms with E-state index in [0.717, 1.165) is 12.8 Å². The molecule has 0 aliphatic heterocycles. The summed E-state index contributed by atoms with van der Waals surface area (Å²) in [6.45, 7) is 5.77. The van der Waals surface area contributed by atoms with Gasteiger partial charge in [0.05, 0.1) is 17.6 Å². The molecule has 1 rings (SSSR count). The molecular weight excluding hydrogens is 171 g/mol. The fraction of sp³-hybridized carbons (Fsp3) is 0.900. The van der Waals surface area contributed by atoms with Crippen LogP contribution in [0.25, 0.3) is 0 Å². The highest BCUT2D eigenvalue weighted by atomic mass is 19.1. The van der Waals surface area contributed by atoms with E-state index in [1.54, 1.807) is 0 Å². The average Bonchev–Trinajstić information content (AvgIpc) is 2.31. The lowest BCUT2D eigenvalue weighted by Gasteiger charge is -2.27. The molecule has 76 valence electrons. The largest absolute Gasteiger partial charge is 0.372 e. The molecule has 1 aliphatic carbocycles. The number of ether oxygens (including phenoxy) is 1. The maximum Gasteiger partial charge on any atom is 0.307 e. The molecule has 3 heteroatoms. The van der Waals surface area contributed by atoms with Crippen LogP contribution in [0.4, 0.5) is 4.39 Å². The fourth-order valence-electron chi connectivity index (χ4n) is 1.78.